The Kier molecular flexibility index (Phi) is 4.65. The highest BCUT2D eigenvalue weighted by Gasteiger charge is 2.23. The van der Waals surface area contributed by atoms with Gasteiger partial charge in [0.1, 0.15) is 0 Å². The fraction of sp³-hybridized carbons (Fsp3) is 0.500. The van der Waals surface area contributed by atoms with Crippen LogP contribution in [0.25, 0.3) is 10.9 Å². The van der Waals surface area contributed by atoms with Gasteiger partial charge < -0.3 is 4.90 Å². The Balaban J connectivity index is 1.84. The van der Waals surface area contributed by atoms with Crippen LogP contribution < -0.4 is 0 Å². The van der Waals surface area contributed by atoms with Crippen molar-refractivity contribution in [1.29, 1.82) is 0 Å². The number of amides is 1. The van der Waals surface area contributed by atoms with Crippen LogP contribution >= 0.6 is 0 Å². The molecular weight excluding hydrogens is 284 g/mol. The number of likely N-dealkylation sites (N-methyl/N-ethyl adjacent to an activating group) is 1. The SMILES string of the molecule is Cc1nc2ccccc2c(C)c1CC(=O)N(C)C1CCCCC1. The molecule has 0 atom stereocenters. The molecule has 2 aromatic rings. The Labute approximate surface area is 138 Å². The molecule has 0 saturated heterocycles. The maximum absolute atomic E-state index is 12.8. The molecule has 0 bridgehead atoms. The van der Waals surface area contributed by atoms with E-state index in [1.54, 1.807) is 0 Å². The lowest BCUT2D eigenvalue weighted by Gasteiger charge is -2.31. The van der Waals surface area contributed by atoms with Gasteiger partial charge in [0.05, 0.1) is 11.9 Å². The third-order valence-corrected chi connectivity index (χ3v) is 5.33. The quantitative estimate of drug-likeness (QED) is 0.852. The Morgan fingerprint density at radius 3 is 2.61 bits per heavy atom. The first-order valence-corrected chi connectivity index (χ1v) is 8.68. The van der Waals surface area contributed by atoms with E-state index in [9.17, 15) is 4.79 Å². The minimum absolute atomic E-state index is 0.222. The zero-order chi connectivity index (χ0) is 16.4. The van der Waals surface area contributed by atoms with Gasteiger partial charge in [0.2, 0.25) is 5.91 Å². The average Bonchev–Trinajstić information content (AvgIpc) is 2.58. The van der Waals surface area contributed by atoms with Crippen molar-refractivity contribution in [2.45, 2.75) is 58.4 Å². The molecule has 1 fully saturated rings. The molecule has 0 radical (unpaired) electrons. The second kappa shape index (κ2) is 6.69. The summed E-state index contributed by atoms with van der Waals surface area (Å²) >= 11 is 0. The van der Waals surface area contributed by atoms with Crippen molar-refractivity contribution < 1.29 is 4.79 Å². The van der Waals surface area contributed by atoms with Gasteiger partial charge in [-0.3, -0.25) is 9.78 Å². The van der Waals surface area contributed by atoms with Crippen molar-refractivity contribution in [3.8, 4) is 0 Å². The summed E-state index contributed by atoms with van der Waals surface area (Å²) < 4.78 is 0. The van der Waals surface area contributed by atoms with E-state index in [2.05, 4.69) is 13.0 Å². The summed E-state index contributed by atoms with van der Waals surface area (Å²) in [6, 6.07) is 8.60. The molecular formula is C20H26N2O. The minimum Gasteiger partial charge on any atom is -0.342 e. The van der Waals surface area contributed by atoms with Crippen LogP contribution in [0, 0.1) is 13.8 Å². The van der Waals surface area contributed by atoms with E-state index in [4.69, 9.17) is 4.98 Å². The average molecular weight is 310 g/mol. The molecule has 1 aromatic heterocycles. The van der Waals surface area contributed by atoms with Crippen LogP contribution in [0.2, 0.25) is 0 Å². The van der Waals surface area contributed by atoms with Crippen molar-refractivity contribution in [3.63, 3.8) is 0 Å². The second-order valence-corrected chi connectivity index (χ2v) is 6.79. The van der Waals surface area contributed by atoms with Crippen LogP contribution in [-0.4, -0.2) is 28.9 Å². The summed E-state index contributed by atoms with van der Waals surface area (Å²) in [6.45, 7) is 4.13. The van der Waals surface area contributed by atoms with Crippen LogP contribution in [-0.2, 0) is 11.2 Å². The number of fused-ring (bicyclic) bond motifs is 1. The molecule has 3 rings (SSSR count). The molecule has 23 heavy (non-hydrogen) atoms. The molecule has 0 unspecified atom stereocenters. The third kappa shape index (κ3) is 3.24. The lowest BCUT2D eigenvalue weighted by atomic mass is 9.93. The van der Waals surface area contributed by atoms with Gasteiger partial charge in [-0.25, -0.2) is 0 Å². The third-order valence-electron chi connectivity index (χ3n) is 5.33. The van der Waals surface area contributed by atoms with Crippen LogP contribution in [0.1, 0.15) is 48.9 Å². The molecule has 0 aliphatic heterocycles. The van der Waals surface area contributed by atoms with Crippen LogP contribution in [0.4, 0.5) is 0 Å². The predicted octanol–water partition coefficient (Wildman–Crippen LogP) is 4.19. The number of benzene rings is 1. The predicted molar refractivity (Wildman–Crippen MR) is 94.6 cm³/mol. The molecule has 122 valence electrons. The van der Waals surface area contributed by atoms with Gasteiger partial charge in [-0.1, -0.05) is 37.5 Å². The van der Waals surface area contributed by atoms with Gasteiger partial charge in [-0.15, -0.1) is 0 Å². The summed E-state index contributed by atoms with van der Waals surface area (Å²) in [6.07, 6.45) is 6.57. The first-order valence-electron chi connectivity index (χ1n) is 8.68. The zero-order valence-electron chi connectivity index (χ0n) is 14.4. The van der Waals surface area contributed by atoms with Gasteiger partial charge >= 0.3 is 0 Å². The van der Waals surface area contributed by atoms with Crippen LogP contribution in [0.5, 0.6) is 0 Å². The monoisotopic (exact) mass is 310 g/mol. The largest absolute Gasteiger partial charge is 0.342 e. The summed E-state index contributed by atoms with van der Waals surface area (Å²) in [5.41, 5.74) is 4.28. The maximum atomic E-state index is 12.8. The summed E-state index contributed by atoms with van der Waals surface area (Å²) in [5, 5.41) is 1.15. The highest BCUT2D eigenvalue weighted by atomic mass is 16.2. The van der Waals surface area contributed by atoms with Gasteiger partial charge in [0.25, 0.3) is 0 Å². The van der Waals surface area contributed by atoms with Crippen molar-refractivity contribution >= 4 is 16.8 Å². The smallest absolute Gasteiger partial charge is 0.227 e. The number of nitrogens with zero attached hydrogens (tertiary/aromatic N) is 2. The number of hydrogen-bond donors (Lipinski definition) is 0. The molecule has 0 spiro atoms. The number of aryl methyl sites for hydroxylation is 2. The number of carbonyl (C=O) groups excluding carboxylic acids is 1. The van der Waals surface area contributed by atoms with Gasteiger partial charge in [0, 0.05) is 24.2 Å². The molecule has 3 heteroatoms. The van der Waals surface area contributed by atoms with E-state index < -0.39 is 0 Å². The molecule has 1 aliphatic carbocycles. The number of aromatic nitrogens is 1. The number of rotatable bonds is 3. The second-order valence-electron chi connectivity index (χ2n) is 6.79. The molecule has 1 heterocycles. The van der Waals surface area contributed by atoms with Gasteiger partial charge in [-0.2, -0.15) is 0 Å². The Morgan fingerprint density at radius 1 is 1.17 bits per heavy atom. The highest BCUT2D eigenvalue weighted by molar-refractivity contribution is 5.86. The molecule has 1 aliphatic rings. The van der Waals surface area contributed by atoms with Gasteiger partial charge in [-0.05, 0) is 43.9 Å². The molecule has 0 N–H and O–H groups in total. The van der Waals surface area contributed by atoms with Crippen LogP contribution in [0.15, 0.2) is 24.3 Å². The van der Waals surface area contributed by atoms with E-state index in [-0.39, 0.29) is 5.91 Å². The molecule has 1 amide bonds. The minimum atomic E-state index is 0.222. The normalized spacial score (nSPS) is 15.8. The lowest BCUT2D eigenvalue weighted by molar-refractivity contribution is -0.131. The number of para-hydroxylation sites is 1. The van der Waals surface area contributed by atoms with Gasteiger partial charge in [0.15, 0.2) is 0 Å². The first-order chi connectivity index (χ1) is 11.1. The number of pyridine rings is 1. The fourth-order valence-electron chi connectivity index (χ4n) is 3.78. The van der Waals surface area contributed by atoms with Crippen LogP contribution in [0.3, 0.4) is 0 Å². The molecule has 1 saturated carbocycles. The summed E-state index contributed by atoms with van der Waals surface area (Å²) in [5.74, 6) is 0.222. The van der Waals surface area contributed by atoms with E-state index in [0.29, 0.717) is 12.5 Å². The van der Waals surface area contributed by atoms with E-state index >= 15 is 0 Å². The fourth-order valence-corrected chi connectivity index (χ4v) is 3.78. The van der Waals surface area contributed by atoms with Crippen molar-refractivity contribution in [1.82, 2.24) is 9.88 Å². The summed E-state index contributed by atoms with van der Waals surface area (Å²) in [4.78, 5) is 19.4. The zero-order valence-corrected chi connectivity index (χ0v) is 14.4. The standard InChI is InChI=1S/C20H26N2O/c1-14-17-11-7-8-12-19(17)21-15(2)18(14)13-20(23)22(3)16-9-5-4-6-10-16/h7-8,11-12,16H,4-6,9-10,13H2,1-3H3. The lowest BCUT2D eigenvalue weighted by Crippen LogP contribution is -2.39. The Bertz CT molecular complexity index is 717. The maximum Gasteiger partial charge on any atom is 0.227 e. The Morgan fingerprint density at radius 2 is 1.87 bits per heavy atom. The number of hydrogen-bond acceptors (Lipinski definition) is 2. The topological polar surface area (TPSA) is 33.2 Å². The van der Waals surface area contributed by atoms with Crippen molar-refractivity contribution in [3.05, 3.63) is 41.1 Å². The van der Waals surface area contributed by atoms with Crippen molar-refractivity contribution in [2.75, 3.05) is 7.05 Å². The summed E-state index contributed by atoms with van der Waals surface area (Å²) in [7, 11) is 1.97. The highest BCUT2D eigenvalue weighted by Crippen LogP contribution is 2.25. The van der Waals surface area contributed by atoms with E-state index in [1.165, 1.54) is 24.8 Å². The van der Waals surface area contributed by atoms with Crippen molar-refractivity contribution in [2.24, 2.45) is 0 Å². The first kappa shape index (κ1) is 16.0. The van der Waals surface area contributed by atoms with E-state index in [0.717, 1.165) is 35.0 Å². The number of carbonyl (C=O) groups is 1. The van der Waals surface area contributed by atoms with E-state index in [1.807, 2.05) is 37.1 Å². The Hall–Kier alpha value is -1.90. The molecule has 3 nitrogen and oxygen atoms in total. The molecule has 1 aromatic carbocycles.